The van der Waals surface area contributed by atoms with Crippen LogP contribution in [0.2, 0.25) is 0 Å². The van der Waals surface area contributed by atoms with Crippen LogP contribution in [0.1, 0.15) is 12.7 Å². The molecule has 3 rings (SSSR count). The van der Waals surface area contributed by atoms with E-state index in [0.29, 0.717) is 22.1 Å². The van der Waals surface area contributed by atoms with Crippen molar-refractivity contribution in [3.8, 4) is 22.9 Å². The average Bonchev–Trinajstić information content (AvgIpc) is 3.29. The standard InChI is InChI=1S/C18H18N4O3S/c1-12(9-14-5-4-8-25-14)11-19-22-17(20-21-18(22)26)13-6-7-15(23-2)16(10-13)24-3/h4-11H,1-3H3,(H,21,26)/b12-9-,19-11+. The number of allylic oxidation sites excluding steroid dienone is 1. The van der Waals surface area contributed by atoms with Gasteiger partial charge in [-0.15, -0.1) is 0 Å². The topological polar surface area (TPSA) is 77.6 Å². The molecule has 0 fully saturated rings. The van der Waals surface area contributed by atoms with Crippen LogP contribution in [0.3, 0.4) is 0 Å². The van der Waals surface area contributed by atoms with Gasteiger partial charge in [-0.1, -0.05) is 0 Å². The molecule has 0 spiro atoms. The van der Waals surface area contributed by atoms with E-state index in [2.05, 4.69) is 15.3 Å². The monoisotopic (exact) mass is 370 g/mol. The summed E-state index contributed by atoms with van der Waals surface area (Å²) < 4.78 is 17.8. The Morgan fingerprint density at radius 2 is 2.08 bits per heavy atom. The zero-order valence-corrected chi connectivity index (χ0v) is 15.4. The average molecular weight is 370 g/mol. The number of rotatable bonds is 6. The molecule has 0 unspecified atom stereocenters. The highest BCUT2D eigenvalue weighted by Crippen LogP contribution is 2.31. The highest BCUT2D eigenvalue weighted by molar-refractivity contribution is 7.71. The van der Waals surface area contributed by atoms with Crippen LogP contribution in [0, 0.1) is 4.77 Å². The van der Waals surface area contributed by atoms with Gasteiger partial charge in [0.15, 0.2) is 17.3 Å². The van der Waals surface area contributed by atoms with E-state index in [1.165, 1.54) is 0 Å². The number of methoxy groups -OCH3 is 2. The van der Waals surface area contributed by atoms with Gasteiger partial charge in [-0.2, -0.15) is 14.9 Å². The maximum absolute atomic E-state index is 5.35. The molecule has 3 aromatic rings. The van der Waals surface area contributed by atoms with Crippen molar-refractivity contribution in [1.29, 1.82) is 0 Å². The van der Waals surface area contributed by atoms with Gasteiger partial charge in [0.25, 0.3) is 0 Å². The van der Waals surface area contributed by atoms with E-state index in [1.807, 2.05) is 43.3 Å². The van der Waals surface area contributed by atoms with Crippen LogP contribution in [0.4, 0.5) is 0 Å². The van der Waals surface area contributed by atoms with Crippen molar-refractivity contribution in [2.75, 3.05) is 14.2 Å². The van der Waals surface area contributed by atoms with Gasteiger partial charge in [0, 0.05) is 5.56 Å². The van der Waals surface area contributed by atoms with Crippen LogP contribution in [0.25, 0.3) is 17.5 Å². The largest absolute Gasteiger partial charge is 0.493 e. The van der Waals surface area contributed by atoms with Crippen LogP contribution in [0.15, 0.2) is 51.7 Å². The van der Waals surface area contributed by atoms with Crippen LogP contribution < -0.4 is 9.47 Å². The van der Waals surface area contributed by atoms with Crippen molar-refractivity contribution >= 4 is 24.5 Å². The van der Waals surface area contributed by atoms with Gasteiger partial charge >= 0.3 is 0 Å². The Labute approximate surface area is 155 Å². The smallest absolute Gasteiger partial charge is 0.216 e. The predicted molar refractivity (Wildman–Crippen MR) is 102 cm³/mol. The summed E-state index contributed by atoms with van der Waals surface area (Å²) in [5.41, 5.74) is 1.70. The van der Waals surface area contributed by atoms with Crippen LogP contribution in [0.5, 0.6) is 11.5 Å². The number of benzene rings is 1. The number of aromatic amines is 1. The van der Waals surface area contributed by atoms with E-state index in [4.69, 9.17) is 26.1 Å². The van der Waals surface area contributed by atoms with Gasteiger partial charge in [0.05, 0.1) is 26.7 Å². The van der Waals surface area contributed by atoms with E-state index >= 15 is 0 Å². The van der Waals surface area contributed by atoms with Crippen molar-refractivity contribution in [1.82, 2.24) is 14.9 Å². The summed E-state index contributed by atoms with van der Waals surface area (Å²) in [6.07, 6.45) is 5.19. The number of hydrogen-bond acceptors (Lipinski definition) is 6. The highest BCUT2D eigenvalue weighted by atomic mass is 32.1. The number of furan rings is 1. The van der Waals surface area contributed by atoms with Crippen LogP contribution in [-0.2, 0) is 0 Å². The fraction of sp³-hybridized carbons (Fsp3) is 0.167. The molecule has 2 heterocycles. The van der Waals surface area contributed by atoms with Crippen LogP contribution >= 0.6 is 12.2 Å². The van der Waals surface area contributed by atoms with E-state index in [9.17, 15) is 0 Å². The number of aromatic nitrogens is 3. The molecule has 7 nitrogen and oxygen atoms in total. The Morgan fingerprint density at radius 1 is 1.27 bits per heavy atom. The lowest BCUT2D eigenvalue weighted by Gasteiger charge is -2.09. The lowest BCUT2D eigenvalue weighted by atomic mass is 10.2. The number of ether oxygens (including phenoxy) is 2. The second-order valence-corrected chi connectivity index (χ2v) is 5.77. The maximum Gasteiger partial charge on any atom is 0.216 e. The first-order chi connectivity index (χ1) is 12.6. The third kappa shape index (κ3) is 3.75. The fourth-order valence-corrected chi connectivity index (χ4v) is 2.52. The number of nitrogens with zero attached hydrogens (tertiary/aromatic N) is 3. The van der Waals surface area contributed by atoms with E-state index < -0.39 is 0 Å². The Kier molecular flexibility index (Phi) is 5.33. The zero-order chi connectivity index (χ0) is 18.5. The molecule has 2 aromatic heterocycles. The summed E-state index contributed by atoms with van der Waals surface area (Å²) in [6, 6.07) is 9.20. The summed E-state index contributed by atoms with van der Waals surface area (Å²) in [7, 11) is 3.17. The Bertz CT molecular complexity index is 1000. The molecule has 8 heteroatoms. The predicted octanol–water partition coefficient (Wildman–Crippen LogP) is 4.16. The molecular formula is C18H18N4O3S. The van der Waals surface area contributed by atoms with Gasteiger partial charge in [-0.3, -0.25) is 0 Å². The van der Waals surface area contributed by atoms with Crippen molar-refractivity contribution < 1.29 is 13.9 Å². The first-order valence-corrected chi connectivity index (χ1v) is 8.19. The molecule has 1 aromatic carbocycles. The minimum absolute atomic E-state index is 0.386. The van der Waals surface area contributed by atoms with Gasteiger partial charge < -0.3 is 13.9 Å². The number of nitrogens with one attached hydrogen (secondary N) is 1. The number of H-pyrrole nitrogens is 1. The second kappa shape index (κ2) is 7.83. The first-order valence-electron chi connectivity index (χ1n) is 7.78. The van der Waals surface area contributed by atoms with E-state index in [0.717, 1.165) is 16.9 Å². The molecule has 0 aliphatic carbocycles. The van der Waals surface area contributed by atoms with Gasteiger partial charge in [0.2, 0.25) is 4.77 Å². The third-order valence-electron chi connectivity index (χ3n) is 3.58. The van der Waals surface area contributed by atoms with Gasteiger partial charge in [0.1, 0.15) is 5.76 Å². The fourth-order valence-electron chi connectivity index (χ4n) is 2.34. The van der Waals surface area contributed by atoms with Crippen molar-refractivity contribution in [2.24, 2.45) is 5.10 Å². The number of hydrogen-bond donors (Lipinski definition) is 1. The summed E-state index contributed by atoms with van der Waals surface area (Å²) in [4.78, 5) is 0. The SMILES string of the molecule is COc1ccc(-c2n[nH]c(=S)n2/N=C/C(C)=C\c2ccco2)cc1OC. The Morgan fingerprint density at radius 3 is 2.77 bits per heavy atom. The maximum atomic E-state index is 5.35. The third-order valence-corrected chi connectivity index (χ3v) is 3.85. The Hall–Kier alpha value is -3.13. The normalized spacial score (nSPS) is 11.9. The summed E-state index contributed by atoms with van der Waals surface area (Å²) in [6.45, 7) is 1.92. The lowest BCUT2D eigenvalue weighted by Crippen LogP contribution is -1.96. The van der Waals surface area contributed by atoms with Gasteiger partial charge in [-0.25, -0.2) is 5.10 Å². The molecular weight excluding hydrogens is 352 g/mol. The second-order valence-electron chi connectivity index (χ2n) is 5.38. The molecule has 134 valence electrons. The zero-order valence-electron chi connectivity index (χ0n) is 14.6. The summed E-state index contributed by atoms with van der Waals surface area (Å²) in [5.74, 6) is 2.56. The first kappa shape index (κ1) is 17.7. The molecule has 0 aliphatic rings. The minimum Gasteiger partial charge on any atom is -0.493 e. The summed E-state index contributed by atoms with van der Waals surface area (Å²) >= 11 is 5.29. The highest BCUT2D eigenvalue weighted by Gasteiger charge is 2.12. The summed E-state index contributed by atoms with van der Waals surface area (Å²) in [5, 5.41) is 11.5. The molecule has 0 radical (unpaired) electrons. The molecule has 0 bridgehead atoms. The molecule has 0 aliphatic heterocycles. The van der Waals surface area contributed by atoms with E-state index in [1.54, 1.807) is 31.4 Å². The molecule has 0 atom stereocenters. The minimum atomic E-state index is 0.386. The van der Waals surface area contributed by atoms with Crippen LogP contribution in [-0.4, -0.2) is 35.3 Å². The molecule has 0 saturated carbocycles. The van der Waals surface area contributed by atoms with Crippen molar-refractivity contribution in [3.63, 3.8) is 0 Å². The lowest BCUT2D eigenvalue weighted by molar-refractivity contribution is 0.355. The van der Waals surface area contributed by atoms with Gasteiger partial charge in [-0.05, 0) is 61.1 Å². The van der Waals surface area contributed by atoms with E-state index in [-0.39, 0.29) is 0 Å². The molecule has 26 heavy (non-hydrogen) atoms. The Balaban J connectivity index is 1.95. The quantitative estimate of drug-likeness (QED) is 0.521. The molecule has 1 N–H and O–H groups in total. The van der Waals surface area contributed by atoms with Crippen molar-refractivity contribution in [3.05, 3.63) is 52.7 Å². The molecule has 0 saturated heterocycles. The van der Waals surface area contributed by atoms with Crippen molar-refractivity contribution in [2.45, 2.75) is 6.92 Å². The molecule has 0 amide bonds.